The number of nitrogens with zero attached hydrogens (tertiary/aromatic N) is 3. The van der Waals surface area contributed by atoms with Crippen molar-refractivity contribution in [1.29, 1.82) is 0 Å². The van der Waals surface area contributed by atoms with Crippen molar-refractivity contribution in [2.75, 3.05) is 20.1 Å². The minimum absolute atomic E-state index is 0.300. The van der Waals surface area contributed by atoms with E-state index in [4.69, 9.17) is 5.11 Å². The molecule has 20 heavy (non-hydrogen) atoms. The van der Waals surface area contributed by atoms with Crippen molar-refractivity contribution in [2.24, 2.45) is 0 Å². The molecule has 1 saturated heterocycles. The number of likely N-dealkylation sites (tertiary alicyclic amines) is 1. The Balaban J connectivity index is 1.98. The maximum atomic E-state index is 10.6. The summed E-state index contributed by atoms with van der Waals surface area (Å²) < 4.78 is 2.12. The standard InChI is InChI=1S/C14H24N4O2/c1-14(2,9-15-13(19)20)12-8-18(10-16-12)7-11-5-4-6-17(11)3/h8,10-11,15H,4-7,9H2,1-3H3,(H,19,20)/t11-/m1/s1. The molecule has 1 fully saturated rings. The summed E-state index contributed by atoms with van der Waals surface area (Å²) in [6.45, 7) is 6.48. The zero-order valence-corrected chi connectivity index (χ0v) is 12.5. The van der Waals surface area contributed by atoms with E-state index in [2.05, 4.69) is 26.8 Å². The molecule has 1 atom stereocenters. The fourth-order valence-electron chi connectivity index (χ4n) is 2.65. The van der Waals surface area contributed by atoms with E-state index in [-0.39, 0.29) is 5.41 Å². The Morgan fingerprint density at radius 1 is 1.60 bits per heavy atom. The maximum Gasteiger partial charge on any atom is 0.404 e. The van der Waals surface area contributed by atoms with Crippen LogP contribution in [0.4, 0.5) is 4.79 Å². The summed E-state index contributed by atoms with van der Waals surface area (Å²) in [5.74, 6) is 0. The lowest BCUT2D eigenvalue weighted by Gasteiger charge is -2.22. The Morgan fingerprint density at radius 3 is 2.95 bits per heavy atom. The second kappa shape index (κ2) is 5.83. The minimum Gasteiger partial charge on any atom is -0.465 e. The van der Waals surface area contributed by atoms with Gasteiger partial charge in [0, 0.05) is 30.7 Å². The molecule has 1 aliphatic rings. The number of hydrogen-bond donors (Lipinski definition) is 2. The molecular formula is C14H24N4O2. The van der Waals surface area contributed by atoms with Gasteiger partial charge in [-0.25, -0.2) is 9.78 Å². The van der Waals surface area contributed by atoms with Gasteiger partial charge in [0.05, 0.1) is 12.0 Å². The van der Waals surface area contributed by atoms with Gasteiger partial charge in [-0.2, -0.15) is 0 Å². The quantitative estimate of drug-likeness (QED) is 0.858. The van der Waals surface area contributed by atoms with Gasteiger partial charge < -0.3 is 19.9 Å². The van der Waals surface area contributed by atoms with Crippen LogP contribution in [0.25, 0.3) is 0 Å². The van der Waals surface area contributed by atoms with Gasteiger partial charge in [-0.3, -0.25) is 0 Å². The average molecular weight is 280 g/mol. The third-order valence-electron chi connectivity index (χ3n) is 4.10. The molecule has 6 nitrogen and oxygen atoms in total. The van der Waals surface area contributed by atoms with Gasteiger partial charge in [-0.15, -0.1) is 0 Å². The van der Waals surface area contributed by atoms with Crippen molar-refractivity contribution in [3.05, 3.63) is 18.2 Å². The van der Waals surface area contributed by atoms with Gasteiger partial charge in [0.1, 0.15) is 0 Å². The van der Waals surface area contributed by atoms with Crippen LogP contribution < -0.4 is 5.32 Å². The number of hydrogen-bond acceptors (Lipinski definition) is 3. The van der Waals surface area contributed by atoms with Crippen LogP contribution in [0.5, 0.6) is 0 Å². The van der Waals surface area contributed by atoms with Crippen molar-refractivity contribution in [3.8, 4) is 0 Å². The Labute approximate surface area is 119 Å². The minimum atomic E-state index is -0.995. The van der Waals surface area contributed by atoms with Crippen LogP contribution in [0.2, 0.25) is 0 Å². The van der Waals surface area contributed by atoms with E-state index < -0.39 is 6.09 Å². The molecule has 1 aromatic rings. The summed E-state index contributed by atoms with van der Waals surface area (Å²) >= 11 is 0. The largest absolute Gasteiger partial charge is 0.465 e. The highest BCUT2D eigenvalue weighted by Crippen LogP contribution is 2.22. The van der Waals surface area contributed by atoms with Crippen LogP contribution in [-0.4, -0.2) is 51.8 Å². The van der Waals surface area contributed by atoms with E-state index in [0.717, 1.165) is 12.2 Å². The zero-order valence-electron chi connectivity index (χ0n) is 12.5. The van der Waals surface area contributed by atoms with Crippen LogP contribution in [0.15, 0.2) is 12.5 Å². The predicted octanol–water partition coefficient (Wildman–Crippen LogP) is 1.52. The van der Waals surface area contributed by atoms with Crippen LogP contribution in [0.1, 0.15) is 32.4 Å². The topological polar surface area (TPSA) is 70.4 Å². The number of rotatable bonds is 5. The van der Waals surface area contributed by atoms with E-state index in [1.165, 1.54) is 19.4 Å². The van der Waals surface area contributed by atoms with Gasteiger partial charge in [0.25, 0.3) is 0 Å². The highest BCUT2D eigenvalue weighted by molar-refractivity contribution is 5.64. The second-order valence-electron chi connectivity index (χ2n) is 6.27. The van der Waals surface area contributed by atoms with Crippen molar-refractivity contribution < 1.29 is 9.90 Å². The summed E-state index contributed by atoms with van der Waals surface area (Å²) in [7, 11) is 2.16. The molecule has 0 unspecified atom stereocenters. The monoisotopic (exact) mass is 280 g/mol. The van der Waals surface area contributed by atoms with E-state index >= 15 is 0 Å². The van der Waals surface area contributed by atoms with Crippen LogP contribution in [0, 0.1) is 0 Å². The first-order valence-corrected chi connectivity index (χ1v) is 7.08. The first-order chi connectivity index (χ1) is 9.38. The molecule has 0 aliphatic carbocycles. The lowest BCUT2D eigenvalue weighted by Crippen LogP contribution is -2.36. The maximum absolute atomic E-state index is 10.6. The van der Waals surface area contributed by atoms with E-state index in [9.17, 15) is 4.79 Å². The van der Waals surface area contributed by atoms with Gasteiger partial charge in [-0.1, -0.05) is 13.8 Å². The molecule has 0 aromatic carbocycles. The fourth-order valence-corrected chi connectivity index (χ4v) is 2.65. The number of likely N-dealkylation sites (N-methyl/N-ethyl adjacent to an activating group) is 1. The Hall–Kier alpha value is -1.56. The zero-order chi connectivity index (χ0) is 14.8. The van der Waals surface area contributed by atoms with Gasteiger partial charge >= 0.3 is 6.09 Å². The summed E-state index contributed by atoms with van der Waals surface area (Å²) in [5, 5.41) is 11.1. The van der Waals surface area contributed by atoms with Crippen molar-refractivity contribution >= 4 is 6.09 Å². The summed E-state index contributed by atoms with van der Waals surface area (Å²) in [5.41, 5.74) is 0.623. The molecule has 2 heterocycles. The Kier molecular flexibility index (Phi) is 4.32. The molecule has 112 valence electrons. The van der Waals surface area contributed by atoms with Gasteiger partial charge in [0.15, 0.2) is 0 Å². The molecule has 0 bridgehead atoms. The molecule has 1 aliphatic heterocycles. The Morgan fingerprint density at radius 2 is 2.35 bits per heavy atom. The third-order valence-corrected chi connectivity index (χ3v) is 4.10. The number of carboxylic acid groups (broad SMARTS) is 1. The highest BCUT2D eigenvalue weighted by atomic mass is 16.4. The highest BCUT2D eigenvalue weighted by Gasteiger charge is 2.25. The third kappa shape index (κ3) is 3.50. The van der Waals surface area contributed by atoms with Crippen molar-refractivity contribution in [1.82, 2.24) is 19.8 Å². The molecule has 2 rings (SSSR count). The number of aromatic nitrogens is 2. The molecule has 1 amide bonds. The smallest absolute Gasteiger partial charge is 0.404 e. The lowest BCUT2D eigenvalue weighted by molar-refractivity contribution is 0.191. The number of carbonyl (C=O) groups is 1. The molecule has 2 N–H and O–H groups in total. The lowest BCUT2D eigenvalue weighted by atomic mass is 9.90. The fraction of sp³-hybridized carbons (Fsp3) is 0.714. The van der Waals surface area contributed by atoms with Crippen LogP contribution >= 0.6 is 0 Å². The SMILES string of the molecule is CN1CCC[C@@H]1Cn1cnc(C(C)(C)CNC(=O)O)c1. The van der Waals surface area contributed by atoms with Gasteiger partial charge in [-0.05, 0) is 26.4 Å². The predicted molar refractivity (Wildman–Crippen MR) is 76.9 cm³/mol. The van der Waals surface area contributed by atoms with Crippen molar-refractivity contribution in [2.45, 2.75) is 44.7 Å². The summed E-state index contributed by atoms with van der Waals surface area (Å²) in [6, 6.07) is 0.581. The molecule has 1 aromatic heterocycles. The molecular weight excluding hydrogens is 256 g/mol. The molecule has 6 heteroatoms. The summed E-state index contributed by atoms with van der Waals surface area (Å²) in [4.78, 5) is 17.4. The van der Waals surface area contributed by atoms with Crippen LogP contribution in [0.3, 0.4) is 0 Å². The first-order valence-electron chi connectivity index (χ1n) is 7.08. The van der Waals surface area contributed by atoms with Gasteiger partial charge in [0.2, 0.25) is 0 Å². The molecule has 0 saturated carbocycles. The van der Waals surface area contributed by atoms with E-state index in [1.54, 1.807) is 0 Å². The van der Waals surface area contributed by atoms with E-state index in [1.807, 2.05) is 26.4 Å². The second-order valence-corrected chi connectivity index (χ2v) is 6.27. The normalized spacial score (nSPS) is 20.2. The molecule has 0 radical (unpaired) electrons. The Bertz CT molecular complexity index is 469. The first kappa shape index (κ1) is 14.8. The summed E-state index contributed by atoms with van der Waals surface area (Å²) in [6.07, 6.45) is 5.38. The average Bonchev–Trinajstić information content (AvgIpc) is 2.98. The number of amides is 1. The number of imidazole rings is 1. The van der Waals surface area contributed by atoms with E-state index in [0.29, 0.717) is 12.6 Å². The molecule has 0 spiro atoms. The number of nitrogens with one attached hydrogen (secondary N) is 1. The van der Waals surface area contributed by atoms with Crippen molar-refractivity contribution in [3.63, 3.8) is 0 Å². The van der Waals surface area contributed by atoms with Crippen LogP contribution in [-0.2, 0) is 12.0 Å².